The van der Waals surface area contributed by atoms with Crippen LogP contribution in [0.3, 0.4) is 0 Å². The van der Waals surface area contributed by atoms with Crippen LogP contribution in [0.5, 0.6) is 5.75 Å². The van der Waals surface area contributed by atoms with Crippen molar-refractivity contribution >= 4 is 0 Å². The number of hydrogen-bond acceptors (Lipinski definition) is 3. The van der Waals surface area contributed by atoms with Crippen LogP contribution in [-0.4, -0.2) is 19.8 Å². The van der Waals surface area contributed by atoms with Gasteiger partial charge in [-0.2, -0.15) is 0 Å². The van der Waals surface area contributed by atoms with Crippen LogP contribution in [0, 0.1) is 6.92 Å². The molecule has 0 aromatic heterocycles. The molecule has 0 amide bonds. The van der Waals surface area contributed by atoms with Crippen LogP contribution in [0.15, 0.2) is 18.2 Å². The van der Waals surface area contributed by atoms with Crippen molar-refractivity contribution in [2.75, 3.05) is 14.2 Å². The first-order chi connectivity index (χ1) is 8.39. The van der Waals surface area contributed by atoms with Crippen LogP contribution >= 0.6 is 0 Å². The summed E-state index contributed by atoms with van der Waals surface area (Å²) in [7, 11) is 3.42. The van der Waals surface area contributed by atoms with E-state index in [2.05, 4.69) is 19.9 Å². The van der Waals surface area contributed by atoms with Gasteiger partial charge in [-0.25, -0.2) is 0 Å². The maximum atomic E-state index is 6.22. The molecule has 1 atom stereocenters. The maximum absolute atomic E-state index is 6.22. The number of ether oxygens (including phenoxy) is 2. The Kier molecular flexibility index (Phi) is 5.17. The summed E-state index contributed by atoms with van der Waals surface area (Å²) in [6.07, 6.45) is 1.85. The third kappa shape index (κ3) is 4.00. The molecule has 3 nitrogen and oxygen atoms in total. The van der Waals surface area contributed by atoms with Gasteiger partial charge in [0, 0.05) is 13.2 Å². The number of hydrogen-bond donors (Lipinski definition) is 1. The molecule has 1 rings (SSSR count). The summed E-state index contributed by atoms with van der Waals surface area (Å²) < 4.78 is 10.7. The van der Waals surface area contributed by atoms with E-state index in [-0.39, 0.29) is 11.6 Å². The van der Waals surface area contributed by atoms with Crippen LogP contribution in [0.25, 0.3) is 0 Å². The quantitative estimate of drug-likeness (QED) is 0.844. The number of aryl methyl sites for hydroxylation is 1. The second kappa shape index (κ2) is 6.21. The van der Waals surface area contributed by atoms with E-state index in [0.29, 0.717) is 0 Å². The lowest BCUT2D eigenvalue weighted by Crippen LogP contribution is -2.24. The molecule has 0 saturated carbocycles. The van der Waals surface area contributed by atoms with Crippen molar-refractivity contribution in [2.24, 2.45) is 5.73 Å². The van der Waals surface area contributed by atoms with Gasteiger partial charge in [-0.05, 0) is 50.8 Å². The lowest BCUT2D eigenvalue weighted by atomic mass is 9.94. The normalized spacial score (nSPS) is 13.4. The molecular formula is C15H25NO2. The molecule has 0 radical (unpaired) electrons. The highest BCUT2D eigenvalue weighted by Gasteiger charge is 2.18. The molecular weight excluding hydrogens is 226 g/mol. The van der Waals surface area contributed by atoms with E-state index >= 15 is 0 Å². The molecule has 0 aliphatic heterocycles. The zero-order valence-electron chi connectivity index (χ0n) is 12.1. The van der Waals surface area contributed by atoms with Gasteiger partial charge in [-0.1, -0.05) is 12.1 Å². The minimum atomic E-state index is -0.112. The van der Waals surface area contributed by atoms with Gasteiger partial charge in [0.25, 0.3) is 0 Å². The first kappa shape index (κ1) is 15.0. The summed E-state index contributed by atoms with van der Waals surface area (Å²) in [6.45, 7) is 6.20. The fourth-order valence-corrected chi connectivity index (χ4v) is 1.90. The summed E-state index contributed by atoms with van der Waals surface area (Å²) in [5, 5.41) is 0. The number of methoxy groups -OCH3 is 2. The first-order valence-electron chi connectivity index (χ1n) is 6.35. The topological polar surface area (TPSA) is 44.5 Å². The van der Waals surface area contributed by atoms with E-state index in [1.54, 1.807) is 14.2 Å². The van der Waals surface area contributed by atoms with Crippen molar-refractivity contribution in [1.29, 1.82) is 0 Å². The molecule has 0 aliphatic carbocycles. The zero-order chi connectivity index (χ0) is 13.8. The third-order valence-corrected chi connectivity index (χ3v) is 3.46. The first-order valence-corrected chi connectivity index (χ1v) is 6.35. The van der Waals surface area contributed by atoms with Crippen LogP contribution in [0.4, 0.5) is 0 Å². The zero-order valence-corrected chi connectivity index (χ0v) is 12.1. The van der Waals surface area contributed by atoms with E-state index in [1.807, 2.05) is 19.1 Å². The molecule has 2 N–H and O–H groups in total. The smallest absolute Gasteiger partial charge is 0.121 e. The van der Waals surface area contributed by atoms with E-state index in [1.165, 1.54) is 0 Å². The molecule has 0 fully saturated rings. The molecule has 1 aromatic carbocycles. The monoisotopic (exact) mass is 251 g/mol. The van der Waals surface area contributed by atoms with Gasteiger partial charge in [0.2, 0.25) is 0 Å². The van der Waals surface area contributed by atoms with Crippen molar-refractivity contribution in [1.82, 2.24) is 0 Å². The largest absolute Gasteiger partial charge is 0.496 e. The van der Waals surface area contributed by atoms with Crippen molar-refractivity contribution in [3.05, 3.63) is 29.3 Å². The number of benzene rings is 1. The van der Waals surface area contributed by atoms with E-state index in [4.69, 9.17) is 15.2 Å². The molecule has 0 aliphatic rings. The van der Waals surface area contributed by atoms with Gasteiger partial charge in [0.15, 0.2) is 0 Å². The van der Waals surface area contributed by atoms with E-state index in [9.17, 15) is 0 Å². The Morgan fingerprint density at radius 2 is 1.94 bits per heavy atom. The standard InChI is InChI=1S/C15H25NO2/c1-11-10-12(6-7-14(11)17-4)13(16)8-9-15(2,3)18-5/h6-7,10,13H,8-9,16H2,1-5H3. The fourth-order valence-electron chi connectivity index (χ4n) is 1.90. The Balaban J connectivity index is 2.67. The summed E-state index contributed by atoms with van der Waals surface area (Å²) >= 11 is 0. The predicted octanol–water partition coefficient (Wildman–Crippen LogP) is 3.21. The minimum Gasteiger partial charge on any atom is -0.496 e. The third-order valence-electron chi connectivity index (χ3n) is 3.46. The Hall–Kier alpha value is -1.06. The van der Waals surface area contributed by atoms with E-state index < -0.39 is 0 Å². The maximum Gasteiger partial charge on any atom is 0.121 e. The predicted molar refractivity (Wildman–Crippen MR) is 75.0 cm³/mol. The molecule has 3 heteroatoms. The van der Waals surface area contributed by atoms with Crippen LogP contribution in [0.1, 0.15) is 43.9 Å². The van der Waals surface area contributed by atoms with Gasteiger partial charge in [0.1, 0.15) is 5.75 Å². The molecule has 102 valence electrons. The summed E-state index contributed by atoms with van der Waals surface area (Å²) in [5.74, 6) is 0.906. The Labute approximate surface area is 110 Å². The van der Waals surface area contributed by atoms with Crippen molar-refractivity contribution < 1.29 is 9.47 Å². The molecule has 0 bridgehead atoms. The second-order valence-electron chi connectivity index (χ2n) is 5.34. The molecule has 1 unspecified atom stereocenters. The Morgan fingerprint density at radius 1 is 1.28 bits per heavy atom. The summed E-state index contributed by atoms with van der Waals surface area (Å²) in [4.78, 5) is 0. The van der Waals surface area contributed by atoms with Gasteiger partial charge in [-0.15, -0.1) is 0 Å². The lowest BCUT2D eigenvalue weighted by Gasteiger charge is -2.24. The van der Waals surface area contributed by atoms with Gasteiger partial charge >= 0.3 is 0 Å². The lowest BCUT2D eigenvalue weighted by molar-refractivity contribution is 0.0125. The average molecular weight is 251 g/mol. The fraction of sp³-hybridized carbons (Fsp3) is 0.600. The SMILES string of the molecule is COc1ccc(C(N)CCC(C)(C)OC)cc1C. The molecule has 0 spiro atoms. The summed E-state index contributed by atoms with van der Waals surface area (Å²) in [5.41, 5.74) is 8.38. The van der Waals surface area contributed by atoms with Gasteiger partial charge < -0.3 is 15.2 Å². The molecule has 1 aromatic rings. The number of rotatable bonds is 6. The Bertz CT molecular complexity index is 388. The van der Waals surface area contributed by atoms with E-state index in [0.717, 1.165) is 29.7 Å². The molecule has 18 heavy (non-hydrogen) atoms. The van der Waals surface area contributed by atoms with Crippen molar-refractivity contribution in [3.63, 3.8) is 0 Å². The van der Waals surface area contributed by atoms with Crippen LogP contribution < -0.4 is 10.5 Å². The highest BCUT2D eigenvalue weighted by atomic mass is 16.5. The van der Waals surface area contributed by atoms with Gasteiger partial charge in [-0.3, -0.25) is 0 Å². The van der Waals surface area contributed by atoms with Crippen molar-refractivity contribution in [2.45, 2.75) is 45.3 Å². The minimum absolute atomic E-state index is 0.0454. The van der Waals surface area contributed by atoms with Gasteiger partial charge in [0.05, 0.1) is 12.7 Å². The molecule has 0 saturated heterocycles. The summed E-state index contributed by atoms with van der Waals surface area (Å²) in [6, 6.07) is 6.16. The highest BCUT2D eigenvalue weighted by Crippen LogP contribution is 2.26. The average Bonchev–Trinajstić information content (AvgIpc) is 2.36. The number of nitrogens with two attached hydrogens (primary N) is 1. The molecule has 0 heterocycles. The Morgan fingerprint density at radius 3 is 2.44 bits per heavy atom. The van der Waals surface area contributed by atoms with Crippen LogP contribution in [-0.2, 0) is 4.74 Å². The second-order valence-corrected chi connectivity index (χ2v) is 5.34. The van der Waals surface area contributed by atoms with Crippen LogP contribution in [0.2, 0.25) is 0 Å². The van der Waals surface area contributed by atoms with Crippen molar-refractivity contribution in [3.8, 4) is 5.75 Å². The highest BCUT2D eigenvalue weighted by molar-refractivity contribution is 5.37.